The first-order chi connectivity index (χ1) is 12.7. The van der Waals surface area contributed by atoms with Gasteiger partial charge in [-0.15, -0.1) is 0 Å². The molecule has 1 N–H and O–H groups in total. The second-order valence-corrected chi connectivity index (χ2v) is 6.07. The van der Waals surface area contributed by atoms with Gasteiger partial charge in [0.25, 0.3) is 0 Å². The number of nitrogens with zero attached hydrogens (tertiary/aromatic N) is 3. The third-order valence-electron chi connectivity index (χ3n) is 4.25. The predicted octanol–water partition coefficient (Wildman–Crippen LogP) is 3.77. The Morgan fingerprint density at radius 3 is 2.54 bits per heavy atom. The summed E-state index contributed by atoms with van der Waals surface area (Å²) in [4.78, 5) is 8.81. The van der Waals surface area contributed by atoms with Crippen molar-refractivity contribution >= 4 is 11.0 Å². The van der Waals surface area contributed by atoms with E-state index in [9.17, 15) is 0 Å². The summed E-state index contributed by atoms with van der Waals surface area (Å²) in [6, 6.07) is 18.1. The van der Waals surface area contributed by atoms with Crippen molar-refractivity contribution in [2.45, 2.75) is 6.92 Å². The number of aliphatic hydroxyl groups excluding tert-OH is 1. The number of hydrogen-bond acceptors (Lipinski definition) is 4. The third kappa shape index (κ3) is 3.17. The van der Waals surface area contributed by atoms with Crippen molar-refractivity contribution in [3.8, 4) is 22.6 Å². The second kappa shape index (κ2) is 6.98. The number of benzene rings is 2. The second-order valence-electron chi connectivity index (χ2n) is 6.07. The molecule has 5 heteroatoms. The van der Waals surface area contributed by atoms with Gasteiger partial charge >= 0.3 is 0 Å². The zero-order valence-corrected chi connectivity index (χ0v) is 14.5. The molecular formula is C21H19N3O2. The minimum absolute atomic E-state index is 0.00719. The molecule has 2 heterocycles. The quantitative estimate of drug-likeness (QED) is 0.598. The molecule has 0 amide bonds. The highest BCUT2D eigenvalue weighted by atomic mass is 16.5. The van der Waals surface area contributed by atoms with E-state index in [4.69, 9.17) is 9.84 Å². The lowest BCUT2D eigenvalue weighted by atomic mass is 10.1. The van der Waals surface area contributed by atoms with Crippen LogP contribution in [0.15, 0.2) is 67.1 Å². The smallest absolute Gasteiger partial charge is 0.119 e. The van der Waals surface area contributed by atoms with E-state index in [0.717, 1.165) is 39.3 Å². The summed E-state index contributed by atoms with van der Waals surface area (Å²) in [5.74, 6) is 0.738. The molecule has 2 aromatic heterocycles. The zero-order chi connectivity index (χ0) is 17.9. The summed E-state index contributed by atoms with van der Waals surface area (Å²) < 4.78 is 7.46. The Hall–Kier alpha value is -3.18. The minimum atomic E-state index is 0.00719. The van der Waals surface area contributed by atoms with Crippen molar-refractivity contribution in [2.24, 2.45) is 0 Å². The highest BCUT2D eigenvalue weighted by molar-refractivity contribution is 5.83. The maximum absolute atomic E-state index is 8.83. The van der Waals surface area contributed by atoms with E-state index in [1.807, 2.05) is 54.3 Å². The molecule has 4 aromatic rings. The van der Waals surface area contributed by atoms with Crippen LogP contribution < -0.4 is 4.74 Å². The van der Waals surface area contributed by atoms with Crippen molar-refractivity contribution in [3.05, 3.63) is 72.8 Å². The Balaban J connectivity index is 1.67. The zero-order valence-electron chi connectivity index (χ0n) is 14.5. The lowest BCUT2D eigenvalue weighted by Gasteiger charge is -2.08. The fourth-order valence-corrected chi connectivity index (χ4v) is 2.99. The van der Waals surface area contributed by atoms with Crippen molar-refractivity contribution in [1.29, 1.82) is 0 Å². The Morgan fingerprint density at radius 2 is 1.77 bits per heavy atom. The number of fused-ring (bicyclic) bond motifs is 1. The predicted molar refractivity (Wildman–Crippen MR) is 102 cm³/mol. The lowest BCUT2D eigenvalue weighted by molar-refractivity contribution is 0.201. The van der Waals surface area contributed by atoms with Gasteiger partial charge in [-0.1, -0.05) is 6.07 Å². The van der Waals surface area contributed by atoms with Crippen molar-refractivity contribution < 1.29 is 9.84 Å². The number of pyridine rings is 1. The maximum atomic E-state index is 8.83. The molecule has 0 spiro atoms. The molecule has 0 saturated heterocycles. The van der Waals surface area contributed by atoms with Crippen LogP contribution in [-0.4, -0.2) is 32.9 Å². The van der Waals surface area contributed by atoms with E-state index < -0.39 is 0 Å². The molecule has 0 aliphatic rings. The molecule has 0 saturated carbocycles. The van der Waals surface area contributed by atoms with Crippen molar-refractivity contribution in [3.63, 3.8) is 0 Å². The average Bonchev–Trinajstić information content (AvgIpc) is 3.10. The Morgan fingerprint density at radius 1 is 0.962 bits per heavy atom. The first-order valence-electron chi connectivity index (χ1n) is 8.49. The monoisotopic (exact) mass is 345 g/mol. The van der Waals surface area contributed by atoms with Crippen molar-refractivity contribution in [2.75, 3.05) is 13.2 Å². The van der Waals surface area contributed by atoms with Gasteiger partial charge in [0.15, 0.2) is 0 Å². The first kappa shape index (κ1) is 16.3. The molecule has 0 atom stereocenters. The largest absolute Gasteiger partial charge is 0.491 e. The maximum Gasteiger partial charge on any atom is 0.119 e. The standard InChI is InChI=1S/C21H19N3O2/c1-15-12-17(8-9-22-15)16-2-7-21-20(13-16)23-14-24(21)18-3-5-19(6-4-18)26-11-10-25/h2-9,12-14,25H,10-11H2,1H3. The number of imidazole rings is 1. The van der Waals surface area contributed by atoms with Crippen LogP contribution in [0.25, 0.3) is 27.8 Å². The van der Waals surface area contributed by atoms with Gasteiger partial charge < -0.3 is 9.84 Å². The van der Waals surface area contributed by atoms with Gasteiger partial charge in [-0.2, -0.15) is 0 Å². The topological polar surface area (TPSA) is 60.2 Å². The Kier molecular flexibility index (Phi) is 4.37. The molecule has 130 valence electrons. The van der Waals surface area contributed by atoms with Gasteiger partial charge in [-0.25, -0.2) is 4.98 Å². The summed E-state index contributed by atoms with van der Waals surface area (Å²) in [6.45, 7) is 2.29. The van der Waals surface area contributed by atoms with Crippen LogP contribution >= 0.6 is 0 Å². The molecule has 4 rings (SSSR count). The molecule has 0 aliphatic heterocycles. The van der Waals surface area contributed by atoms with Crippen LogP contribution in [0.4, 0.5) is 0 Å². The molecule has 0 aliphatic carbocycles. The van der Waals surface area contributed by atoms with Gasteiger partial charge in [0, 0.05) is 17.6 Å². The third-order valence-corrected chi connectivity index (χ3v) is 4.25. The van der Waals surface area contributed by atoms with Crippen LogP contribution in [0.3, 0.4) is 0 Å². The Bertz CT molecular complexity index is 1040. The Labute approximate surface area is 151 Å². The summed E-state index contributed by atoms with van der Waals surface area (Å²) in [7, 11) is 0. The SMILES string of the molecule is Cc1cc(-c2ccc3c(c2)ncn3-c2ccc(OCCO)cc2)ccn1. The van der Waals surface area contributed by atoms with Crippen LogP contribution in [0, 0.1) is 6.92 Å². The highest BCUT2D eigenvalue weighted by Gasteiger charge is 2.07. The van der Waals surface area contributed by atoms with E-state index in [1.165, 1.54) is 0 Å². The first-order valence-corrected chi connectivity index (χ1v) is 8.49. The highest BCUT2D eigenvalue weighted by Crippen LogP contribution is 2.26. The van der Waals surface area contributed by atoms with E-state index in [1.54, 1.807) is 0 Å². The van der Waals surface area contributed by atoms with Crippen LogP contribution in [-0.2, 0) is 0 Å². The molecule has 26 heavy (non-hydrogen) atoms. The minimum Gasteiger partial charge on any atom is -0.491 e. The van der Waals surface area contributed by atoms with E-state index in [-0.39, 0.29) is 6.61 Å². The number of ether oxygens (including phenoxy) is 1. The molecule has 0 unspecified atom stereocenters. The van der Waals surface area contributed by atoms with Crippen molar-refractivity contribution in [1.82, 2.24) is 14.5 Å². The number of aromatic nitrogens is 3. The van der Waals surface area contributed by atoms with Crippen LogP contribution in [0.1, 0.15) is 5.69 Å². The average molecular weight is 345 g/mol. The summed E-state index contributed by atoms with van der Waals surface area (Å²) in [6.07, 6.45) is 3.66. The van der Waals surface area contributed by atoms with Crippen LogP contribution in [0.5, 0.6) is 5.75 Å². The fourth-order valence-electron chi connectivity index (χ4n) is 2.99. The van der Waals surface area contributed by atoms with Gasteiger partial charge in [-0.05, 0) is 66.6 Å². The number of hydrogen-bond donors (Lipinski definition) is 1. The van der Waals surface area contributed by atoms with Crippen LogP contribution in [0.2, 0.25) is 0 Å². The normalized spacial score (nSPS) is 11.0. The molecule has 0 fully saturated rings. The number of aryl methyl sites for hydroxylation is 1. The number of aliphatic hydroxyl groups is 1. The molecule has 5 nitrogen and oxygen atoms in total. The summed E-state index contributed by atoms with van der Waals surface area (Å²) in [5.41, 5.74) is 6.26. The molecule has 0 bridgehead atoms. The van der Waals surface area contributed by atoms with Gasteiger partial charge in [0.1, 0.15) is 18.7 Å². The van der Waals surface area contributed by atoms with Gasteiger partial charge in [0.2, 0.25) is 0 Å². The van der Waals surface area contributed by atoms with Gasteiger partial charge in [-0.3, -0.25) is 9.55 Å². The van der Waals surface area contributed by atoms with Gasteiger partial charge in [0.05, 0.1) is 17.6 Å². The molecule has 0 radical (unpaired) electrons. The summed E-state index contributed by atoms with van der Waals surface area (Å²) in [5, 5.41) is 8.83. The number of rotatable bonds is 5. The molecular weight excluding hydrogens is 326 g/mol. The van der Waals surface area contributed by atoms with E-state index >= 15 is 0 Å². The van der Waals surface area contributed by atoms with E-state index in [0.29, 0.717) is 6.61 Å². The molecule has 2 aromatic carbocycles. The lowest BCUT2D eigenvalue weighted by Crippen LogP contribution is -2.01. The van der Waals surface area contributed by atoms with E-state index in [2.05, 4.69) is 34.2 Å². The fraction of sp³-hybridized carbons (Fsp3) is 0.143. The summed E-state index contributed by atoms with van der Waals surface area (Å²) >= 11 is 0.